The Morgan fingerprint density at radius 3 is 2.52 bits per heavy atom. The van der Waals surface area contributed by atoms with Gasteiger partial charge in [0.25, 0.3) is 0 Å². The standard InChI is InChI=1S/C22H35N5O2/c1-3-23-22(25-13-15-6-5-10-26(4-2)14-15)24-9-11-27-20(28)18-16-7-8-17(12-16)19(18)21(27)29/h7-8,15-19H,3-6,9-14H2,1-2H3,(H2,23,24,25). The van der Waals surface area contributed by atoms with Crippen molar-refractivity contribution in [1.82, 2.24) is 20.4 Å². The molecule has 4 aliphatic rings. The van der Waals surface area contributed by atoms with E-state index in [1.165, 1.54) is 24.3 Å². The van der Waals surface area contributed by atoms with Gasteiger partial charge in [0.2, 0.25) is 11.8 Å². The number of nitrogens with zero attached hydrogens (tertiary/aromatic N) is 3. The number of amides is 2. The topological polar surface area (TPSA) is 77.0 Å². The maximum absolute atomic E-state index is 12.8. The van der Waals surface area contributed by atoms with Gasteiger partial charge in [0.05, 0.1) is 11.8 Å². The molecule has 2 aliphatic carbocycles. The fraction of sp³-hybridized carbons (Fsp3) is 0.773. The Balaban J connectivity index is 1.28. The zero-order chi connectivity index (χ0) is 20.4. The number of hydrogen-bond donors (Lipinski definition) is 2. The smallest absolute Gasteiger partial charge is 0.233 e. The van der Waals surface area contributed by atoms with Crippen LogP contribution in [0.15, 0.2) is 17.1 Å². The first-order valence-electron chi connectivity index (χ1n) is 11.4. The van der Waals surface area contributed by atoms with Crippen molar-refractivity contribution in [2.24, 2.45) is 34.6 Å². The molecular weight excluding hydrogens is 366 g/mol. The lowest BCUT2D eigenvalue weighted by molar-refractivity contribution is -0.140. The van der Waals surface area contributed by atoms with E-state index >= 15 is 0 Å². The third kappa shape index (κ3) is 4.06. The molecule has 0 aromatic rings. The summed E-state index contributed by atoms with van der Waals surface area (Å²) in [5, 5.41) is 6.61. The van der Waals surface area contributed by atoms with Crippen molar-refractivity contribution in [3.8, 4) is 0 Å². The number of likely N-dealkylation sites (tertiary alicyclic amines) is 2. The number of guanidine groups is 1. The number of fused-ring (bicyclic) bond motifs is 5. The van der Waals surface area contributed by atoms with Crippen molar-refractivity contribution in [3.05, 3.63) is 12.2 Å². The molecule has 2 aliphatic heterocycles. The Kier molecular flexibility index (Phi) is 6.23. The van der Waals surface area contributed by atoms with Gasteiger partial charge in [0.15, 0.2) is 5.96 Å². The van der Waals surface area contributed by atoms with Crippen molar-refractivity contribution < 1.29 is 9.59 Å². The molecule has 2 saturated heterocycles. The number of carbonyl (C=O) groups is 2. The summed E-state index contributed by atoms with van der Waals surface area (Å²) in [6.07, 6.45) is 7.73. The van der Waals surface area contributed by atoms with Gasteiger partial charge in [-0.2, -0.15) is 0 Å². The van der Waals surface area contributed by atoms with E-state index in [0.717, 1.165) is 38.6 Å². The first-order valence-corrected chi connectivity index (χ1v) is 11.4. The van der Waals surface area contributed by atoms with Crippen LogP contribution in [0.4, 0.5) is 0 Å². The van der Waals surface area contributed by atoms with Crippen LogP contribution in [-0.4, -0.2) is 73.4 Å². The molecule has 2 N–H and O–H groups in total. The van der Waals surface area contributed by atoms with Crippen LogP contribution in [0.2, 0.25) is 0 Å². The zero-order valence-corrected chi connectivity index (χ0v) is 17.8. The fourth-order valence-electron chi connectivity index (χ4n) is 5.62. The minimum absolute atomic E-state index is 0.0300. The largest absolute Gasteiger partial charge is 0.357 e. The Hall–Kier alpha value is -1.89. The molecule has 5 atom stereocenters. The van der Waals surface area contributed by atoms with Gasteiger partial charge < -0.3 is 15.5 Å². The molecular formula is C22H35N5O2. The molecule has 2 amide bonds. The SMILES string of the molecule is CCNC(=NCC1CCCN(CC)C1)NCCN1C(=O)C2C3C=CC(C3)C2C1=O. The van der Waals surface area contributed by atoms with Crippen LogP contribution in [0.3, 0.4) is 0 Å². The molecule has 7 heteroatoms. The lowest BCUT2D eigenvalue weighted by Gasteiger charge is -2.31. The second kappa shape index (κ2) is 8.86. The Labute approximate surface area is 174 Å². The van der Waals surface area contributed by atoms with E-state index in [0.29, 0.717) is 19.0 Å². The Morgan fingerprint density at radius 1 is 1.14 bits per heavy atom. The summed E-state index contributed by atoms with van der Waals surface area (Å²) >= 11 is 0. The number of rotatable bonds is 7. The normalized spacial score (nSPS) is 34.2. The van der Waals surface area contributed by atoms with Crippen LogP contribution in [0.1, 0.15) is 33.1 Å². The molecule has 29 heavy (non-hydrogen) atoms. The minimum Gasteiger partial charge on any atom is -0.357 e. The van der Waals surface area contributed by atoms with E-state index in [-0.39, 0.29) is 35.5 Å². The molecule has 2 heterocycles. The molecule has 7 nitrogen and oxygen atoms in total. The van der Waals surface area contributed by atoms with Crippen molar-refractivity contribution in [1.29, 1.82) is 0 Å². The maximum atomic E-state index is 12.8. The third-order valence-corrected chi connectivity index (χ3v) is 7.09. The van der Waals surface area contributed by atoms with Gasteiger partial charge in [-0.25, -0.2) is 0 Å². The van der Waals surface area contributed by atoms with Gasteiger partial charge in [0, 0.05) is 32.7 Å². The summed E-state index contributed by atoms with van der Waals surface area (Å²) in [6.45, 7) is 10.3. The summed E-state index contributed by atoms with van der Waals surface area (Å²) < 4.78 is 0. The number of hydrogen-bond acceptors (Lipinski definition) is 4. The highest BCUT2D eigenvalue weighted by atomic mass is 16.2. The summed E-state index contributed by atoms with van der Waals surface area (Å²) in [6, 6.07) is 0. The molecule has 4 rings (SSSR count). The van der Waals surface area contributed by atoms with Gasteiger partial charge in [-0.3, -0.25) is 19.5 Å². The number of aliphatic imine (C=N–C) groups is 1. The fourth-order valence-corrected chi connectivity index (χ4v) is 5.62. The maximum Gasteiger partial charge on any atom is 0.233 e. The third-order valence-electron chi connectivity index (χ3n) is 7.09. The van der Waals surface area contributed by atoms with E-state index in [9.17, 15) is 9.59 Å². The first-order chi connectivity index (χ1) is 14.1. The van der Waals surface area contributed by atoms with Crippen LogP contribution >= 0.6 is 0 Å². The lowest BCUT2D eigenvalue weighted by Crippen LogP contribution is -2.44. The number of nitrogens with one attached hydrogen (secondary N) is 2. The van der Waals surface area contributed by atoms with Gasteiger partial charge in [0.1, 0.15) is 0 Å². The predicted octanol–water partition coefficient (Wildman–Crippen LogP) is 1.08. The molecule has 160 valence electrons. The predicted molar refractivity (Wildman–Crippen MR) is 113 cm³/mol. The van der Waals surface area contributed by atoms with E-state index < -0.39 is 0 Å². The monoisotopic (exact) mass is 401 g/mol. The second-order valence-corrected chi connectivity index (χ2v) is 8.88. The van der Waals surface area contributed by atoms with Crippen LogP contribution < -0.4 is 10.6 Å². The highest BCUT2D eigenvalue weighted by molar-refractivity contribution is 6.06. The van der Waals surface area contributed by atoms with E-state index in [4.69, 9.17) is 4.99 Å². The Morgan fingerprint density at radius 2 is 1.86 bits per heavy atom. The molecule has 0 spiro atoms. The molecule has 0 radical (unpaired) electrons. The first kappa shape index (κ1) is 20.4. The zero-order valence-electron chi connectivity index (χ0n) is 17.8. The molecule has 1 saturated carbocycles. The van der Waals surface area contributed by atoms with Gasteiger partial charge >= 0.3 is 0 Å². The highest BCUT2D eigenvalue weighted by Crippen LogP contribution is 2.52. The quantitative estimate of drug-likeness (QED) is 0.289. The van der Waals surface area contributed by atoms with Crippen molar-refractivity contribution in [2.75, 3.05) is 45.8 Å². The summed E-state index contributed by atoms with van der Waals surface area (Å²) in [5.74, 6) is 1.78. The van der Waals surface area contributed by atoms with Crippen LogP contribution in [-0.2, 0) is 9.59 Å². The molecule has 3 fully saturated rings. The van der Waals surface area contributed by atoms with Gasteiger partial charge in [-0.1, -0.05) is 19.1 Å². The number of imide groups is 1. The lowest BCUT2D eigenvalue weighted by atomic mass is 9.85. The minimum atomic E-state index is -0.104. The van der Waals surface area contributed by atoms with E-state index in [1.54, 1.807) is 0 Å². The van der Waals surface area contributed by atoms with Crippen LogP contribution in [0.25, 0.3) is 0 Å². The molecule has 0 aromatic carbocycles. The average molecular weight is 402 g/mol. The van der Waals surface area contributed by atoms with Crippen molar-refractivity contribution in [3.63, 3.8) is 0 Å². The highest BCUT2D eigenvalue weighted by Gasteiger charge is 2.58. The van der Waals surface area contributed by atoms with Gasteiger partial charge in [-0.05, 0) is 57.0 Å². The van der Waals surface area contributed by atoms with Gasteiger partial charge in [-0.15, -0.1) is 0 Å². The number of piperidine rings is 1. The van der Waals surface area contributed by atoms with Crippen LogP contribution in [0, 0.1) is 29.6 Å². The van der Waals surface area contributed by atoms with E-state index in [1.807, 2.05) is 6.92 Å². The number of allylic oxidation sites excluding steroid dienone is 2. The number of carbonyl (C=O) groups excluding carboxylic acids is 2. The van der Waals surface area contributed by atoms with Crippen molar-refractivity contribution >= 4 is 17.8 Å². The average Bonchev–Trinajstić information content (AvgIpc) is 3.41. The molecule has 5 unspecified atom stereocenters. The van der Waals surface area contributed by atoms with Crippen LogP contribution in [0.5, 0.6) is 0 Å². The molecule has 0 aromatic heterocycles. The second-order valence-electron chi connectivity index (χ2n) is 8.88. The van der Waals surface area contributed by atoms with E-state index in [2.05, 4.69) is 34.6 Å². The summed E-state index contributed by atoms with van der Waals surface area (Å²) in [5.41, 5.74) is 0. The summed E-state index contributed by atoms with van der Waals surface area (Å²) in [4.78, 5) is 34.3. The Bertz CT molecular complexity index is 661. The summed E-state index contributed by atoms with van der Waals surface area (Å²) in [7, 11) is 0. The molecule has 2 bridgehead atoms. The van der Waals surface area contributed by atoms with Crippen molar-refractivity contribution in [2.45, 2.75) is 33.1 Å².